The monoisotopic (exact) mass is 403 g/mol. The molecule has 0 aromatic carbocycles. The molecular weight excluding hydrogens is 386 g/mol. The lowest BCUT2D eigenvalue weighted by molar-refractivity contribution is 1.10. The van der Waals surface area contributed by atoms with E-state index in [-0.39, 0.29) is 0 Å². The van der Waals surface area contributed by atoms with Gasteiger partial charge in [-0.1, -0.05) is 6.07 Å². The molecule has 0 bridgehead atoms. The number of fused-ring (bicyclic) bond motifs is 2. The van der Waals surface area contributed by atoms with Crippen molar-refractivity contribution in [2.45, 2.75) is 6.92 Å². The highest BCUT2D eigenvalue weighted by Gasteiger charge is 2.15. The lowest BCUT2D eigenvalue weighted by Crippen LogP contribution is -1.85. The summed E-state index contributed by atoms with van der Waals surface area (Å²) < 4.78 is 0. The average Bonchev–Trinajstić information content (AvgIpc) is 3.43. The van der Waals surface area contributed by atoms with Crippen molar-refractivity contribution >= 4 is 21.9 Å². The number of H-pyrrole nitrogens is 2. The van der Waals surface area contributed by atoms with E-state index in [2.05, 4.69) is 53.3 Å². The maximum atomic E-state index is 4.55. The van der Waals surface area contributed by atoms with Crippen LogP contribution in [0.2, 0.25) is 0 Å². The summed E-state index contributed by atoms with van der Waals surface area (Å²) in [6.45, 7) is 2.03. The molecule has 6 aromatic rings. The summed E-state index contributed by atoms with van der Waals surface area (Å²) in [4.78, 5) is 21.0. The van der Waals surface area contributed by atoms with Crippen LogP contribution in [-0.2, 0) is 0 Å². The van der Waals surface area contributed by atoms with Crippen LogP contribution in [0.15, 0.2) is 73.7 Å². The van der Waals surface area contributed by atoms with E-state index in [0.29, 0.717) is 5.65 Å². The normalized spacial score (nSPS) is 11.4. The molecule has 0 amide bonds. The molecule has 0 aliphatic heterocycles. The lowest BCUT2D eigenvalue weighted by Gasteiger charge is -2.02. The van der Waals surface area contributed by atoms with Gasteiger partial charge in [-0.05, 0) is 36.8 Å². The molecule has 7 heteroatoms. The van der Waals surface area contributed by atoms with E-state index in [0.717, 1.165) is 55.5 Å². The third-order valence-corrected chi connectivity index (χ3v) is 5.41. The van der Waals surface area contributed by atoms with Crippen molar-refractivity contribution in [1.29, 1.82) is 0 Å². The highest BCUT2D eigenvalue weighted by Crippen LogP contribution is 2.34. The minimum absolute atomic E-state index is 0.670. The second-order valence-corrected chi connectivity index (χ2v) is 7.52. The molecule has 0 radical (unpaired) electrons. The van der Waals surface area contributed by atoms with Crippen LogP contribution in [0.1, 0.15) is 5.56 Å². The van der Waals surface area contributed by atoms with Crippen LogP contribution in [0.5, 0.6) is 0 Å². The fourth-order valence-electron chi connectivity index (χ4n) is 3.91. The van der Waals surface area contributed by atoms with Crippen LogP contribution in [0.25, 0.3) is 55.6 Å². The molecule has 0 aliphatic rings. The number of hydrogen-bond acceptors (Lipinski definition) is 5. The van der Waals surface area contributed by atoms with Gasteiger partial charge in [0.2, 0.25) is 0 Å². The quantitative estimate of drug-likeness (QED) is 0.437. The van der Waals surface area contributed by atoms with Gasteiger partial charge in [-0.15, -0.1) is 0 Å². The topological polar surface area (TPSA) is 96.0 Å². The number of pyridine rings is 4. The van der Waals surface area contributed by atoms with E-state index in [1.165, 1.54) is 0 Å². The van der Waals surface area contributed by atoms with E-state index < -0.39 is 0 Å². The Balaban J connectivity index is 1.51. The van der Waals surface area contributed by atoms with Crippen molar-refractivity contribution in [2.24, 2.45) is 0 Å². The number of aromatic amines is 2. The Morgan fingerprint density at radius 2 is 1.65 bits per heavy atom. The number of nitrogens with one attached hydrogen (secondary N) is 2. The predicted octanol–water partition coefficient (Wildman–Crippen LogP) is 4.93. The van der Waals surface area contributed by atoms with Gasteiger partial charge in [-0.25, -0.2) is 4.98 Å². The van der Waals surface area contributed by atoms with Crippen LogP contribution in [-0.4, -0.2) is 35.1 Å². The molecule has 0 unspecified atom stereocenters. The van der Waals surface area contributed by atoms with Crippen LogP contribution in [0.3, 0.4) is 0 Å². The number of aromatic nitrogens is 7. The smallest absolute Gasteiger partial charge is 0.181 e. The zero-order valence-corrected chi connectivity index (χ0v) is 16.7. The first-order valence-electron chi connectivity index (χ1n) is 9.90. The molecule has 6 heterocycles. The number of aryl methyl sites for hydroxylation is 1. The Labute approximate surface area is 177 Å². The van der Waals surface area contributed by atoms with Crippen molar-refractivity contribution < 1.29 is 0 Å². The summed E-state index contributed by atoms with van der Waals surface area (Å²) in [6.07, 6.45) is 12.8. The van der Waals surface area contributed by atoms with Gasteiger partial charge in [0.1, 0.15) is 0 Å². The van der Waals surface area contributed by atoms with E-state index in [4.69, 9.17) is 0 Å². The van der Waals surface area contributed by atoms with Gasteiger partial charge in [0, 0.05) is 70.2 Å². The predicted molar refractivity (Wildman–Crippen MR) is 120 cm³/mol. The third-order valence-electron chi connectivity index (χ3n) is 5.41. The fourth-order valence-corrected chi connectivity index (χ4v) is 3.91. The second-order valence-electron chi connectivity index (χ2n) is 7.52. The van der Waals surface area contributed by atoms with E-state index in [1.807, 2.05) is 56.2 Å². The summed E-state index contributed by atoms with van der Waals surface area (Å²) in [6, 6.07) is 10.3. The first-order chi connectivity index (χ1) is 15.3. The van der Waals surface area contributed by atoms with Gasteiger partial charge >= 0.3 is 0 Å². The molecule has 0 aliphatic carbocycles. The Hall–Kier alpha value is -4.39. The zero-order chi connectivity index (χ0) is 20.8. The molecule has 6 aromatic heterocycles. The number of rotatable bonds is 3. The van der Waals surface area contributed by atoms with Gasteiger partial charge in [0.15, 0.2) is 5.65 Å². The van der Waals surface area contributed by atoms with Gasteiger partial charge in [-0.3, -0.25) is 20.1 Å². The van der Waals surface area contributed by atoms with Gasteiger partial charge in [0.25, 0.3) is 0 Å². The van der Waals surface area contributed by atoms with E-state index in [9.17, 15) is 0 Å². The molecule has 0 saturated heterocycles. The molecule has 6 rings (SSSR count). The zero-order valence-electron chi connectivity index (χ0n) is 16.7. The van der Waals surface area contributed by atoms with Crippen molar-refractivity contribution in [3.8, 4) is 33.6 Å². The summed E-state index contributed by atoms with van der Waals surface area (Å²) in [5.41, 5.74) is 8.63. The highest BCUT2D eigenvalue weighted by molar-refractivity contribution is 6.00. The molecule has 148 valence electrons. The number of hydrogen-bond donors (Lipinski definition) is 2. The Morgan fingerprint density at radius 1 is 0.774 bits per heavy atom. The summed E-state index contributed by atoms with van der Waals surface area (Å²) >= 11 is 0. The first kappa shape index (κ1) is 17.5. The van der Waals surface area contributed by atoms with Crippen LogP contribution >= 0.6 is 0 Å². The lowest BCUT2D eigenvalue weighted by atomic mass is 10.0. The Bertz CT molecular complexity index is 1550. The molecule has 0 spiro atoms. The summed E-state index contributed by atoms with van der Waals surface area (Å²) in [5.74, 6) is 0. The summed E-state index contributed by atoms with van der Waals surface area (Å²) in [7, 11) is 0. The molecular formula is C24H17N7. The standard InChI is InChI=1S/C24H17N7/c1-14-5-16(10-26-8-14)17-6-19-23(30-31-24(19)28-11-17)21-7-18-20(12-27-13-22(18)29-21)15-3-2-4-25-9-15/h2-13,29H,1H3,(H,28,30,31). The molecule has 0 saturated carbocycles. The Kier molecular flexibility index (Phi) is 3.86. The van der Waals surface area contributed by atoms with E-state index >= 15 is 0 Å². The number of nitrogens with zero attached hydrogens (tertiary/aromatic N) is 5. The summed E-state index contributed by atoms with van der Waals surface area (Å²) in [5, 5.41) is 9.57. The first-order valence-corrected chi connectivity index (χ1v) is 9.90. The maximum absolute atomic E-state index is 4.55. The molecule has 2 N–H and O–H groups in total. The molecule has 0 atom stereocenters. The van der Waals surface area contributed by atoms with Crippen molar-refractivity contribution in [3.63, 3.8) is 0 Å². The van der Waals surface area contributed by atoms with Crippen molar-refractivity contribution in [3.05, 3.63) is 79.3 Å². The third kappa shape index (κ3) is 2.95. The average molecular weight is 403 g/mol. The maximum Gasteiger partial charge on any atom is 0.181 e. The van der Waals surface area contributed by atoms with Crippen molar-refractivity contribution in [2.75, 3.05) is 0 Å². The van der Waals surface area contributed by atoms with Crippen LogP contribution in [0.4, 0.5) is 0 Å². The SMILES string of the molecule is Cc1cncc(-c2cnc3n[nH]c(-c4cc5c(-c6cccnc6)cncc5[nH]4)c3c2)c1. The van der Waals surface area contributed by atoms with Crippen molar-refractivity contribution in [1.82, 2.24) is 35.1 Å². The molecule has 31 heavy (non-hydrogen) atoms. The van der Waals surface area contributed by atoms with Crippen LogP contribution in [0, 0.1) is 6.92 Å². The minimum atomic E-state index is 0.670. The minimum Gasteiger partial charge on any atom is -0.352 e. The Morgan fingerprint density at radius 3 is 2.52 bits per heavy atom. The molecule has 7 nitrogen and oxygen atoms in total. The second kappa shape index (κ2) is 6.84. The van der Waals surface area contributed by atoms with Gasteiger partial charge in [0.05, 0.1) is 23.1 Å². The highest BCUT2D eigenvalue weighted by atomic mass is 15.2. The van der Waals surface area contributed by atoms with E-state index in [1.54, 1.807) is 6.20 Å². The molecule has 0 fully saturated rings. The van der Waals surface area contributed by atoms with Gasteiger partial charge < -0.3 is 4.98 Å². The largest absolute Gasteiger partial charge is 0.352 e. The fraction of sp³-hybridized carbons (Fsp3) is 0.0417. The van der Waals surface area contributed by atoms with Crippen LogP contribution < -0.4 is 0 Å². The van der Waals surface area contributed by atoms with Gasteiger partial charge in [-0.2, -0.15) is 5.10 Å².